The van der Waals surface area contributed by atoms with E-state index in [-0.39, 0.29) is 0 Å². The minimum absolute atomic E-state index is 0.666. The number of rotatable bonds is 3. The van der Waals surface area contributed by atoms with Crippen LogP contribution in [0.2, 0.25) is 0 Å². The Morgan fingerprint density at radius 1 is 1.58 bits per heavy atom. The zero-order chi connectivity index (χ0) is 8.97. The van der Waals surface area contributed by atoms with E-state index in [1.54, 1.807) is 0 Å². The Kier molecular flexibility index (Phi) is 3.35. The third-order valence-electron chi connectivity index (χ3n) is 1.45. The molecule has 0 aliphatic rings. The van der Waals surface area contributed by atoms with Gasteiger partial charge in [-0.2, -0.15) is 0 Å². The van der Waals surface area contributed by atoms with Crippen molar-refractivity contribution >= 4 is 15.9 Å². The third kappa shape index (κ3) is 1.89. The molecule has 0 saturated heterocycles. The van der Waals surface area contributed by atoms with Crippen LogP contribution in [0.3, 0.4) is 0 Å². The summed E-state index contributed by atoms with van der Waals surface area (Å²) in [7, 11) is 0. The fourth-order valence-electron chi connectivity index (χ4n) is 0.914. The fraction of sp³-hybridized carbons (Fsp3) is 0.200. The molecule has 0 atom stereocenters. The summed E-state index contributed by atoms with van der Waals surface area (Å²) >= 11 is 3.41. The van der Waals surface area contributed by atoms with Crippen molar-refractivity contribution in [2.24, 2.45) is 0 Å². The molecule has 0 heterocycles. The van der Waals surface area contributed by atoms with Gasteiger partial charge in [0.1, 0.15) is 5.75 Å². The van der Waals surface area contributed by atoms with Crippen molar-refractivity contribution in [1.82, 2.24) is 0 Å². The smallest absolute Gasteiger partial charge is 0.134 e. The van der Waals surface area contributed by atoms with Gasteiger partial charge >= 0.3 is 0 Å². The van der Waals surface area contributed by atoms with Gasteiger partial charge in [0, 0.05) is 0 Å². The van der Waals surface area contributed by atoms with Crippen molar-refractivity contribution in [3.8, 4) is 5.75 Å². The van der Waals surface area contributed by atoms with E-state index in [0.717, 1.165) is 15.8 Å². The van der Waals surface area contributed by atoms with Gasteiger partial charge in [0.15, 0.2) is 0 Å². The van der Waals surface area contributed by atoms with Gasteiger partial charge < -0.3 is 4.74 Å². The molecule has 0 bridgehead atoms. The molecular weight excluding hydrogens is 216 g/mol. The van der Waals surface area contributed by atoms with E-state index >= 15 is 0 Å². The molecule has 0 N–H and O–H groups in total. The second kappa shape index (κ2) is 4.31. The van der Waals surface area contributed by atoms with E-state index in [2.05, 4.69) is 28.6 Å². The zero-order valence-corrected chi connectivity index (χ0v) is 8.52. The molecule has 1 nitrogen and oxygen atoms in total. The normalized spacial score (nSPS) is 9.50. The lowest BCUT2D eigenvalue weighted by atomic mass is 10.2. The Hall–Kier alpha value is -0.760. The number of ether oxygens (including phenoxy) is 1. The van der Waals surface area contributed by atoms with Crippen LogP contribution < -0.4 is 4.74 Å². The Morgan fingerprint density at radius 3 is 2.92 bits per heavy atom. The second-order valence-electron chi connectivity index (χ2n) is 2.23. The summed E-state index contributed by atoms with van der Waals surface area (Å²) in [6.07, 6.45) is 2.82. The summed E-state index contributed by atoms with van der Waals surface area (Å²) in [5, 5.41) is 0. The van der Waals surface area contributed by atoms with Gasteiger partial charge in [0.25, 0.3) is 0 Å². The van der Waals surface area contributed by atoms with Crippen LogP contribution in [0, 0.1) is 6.08 Å². The van der Waals surface area contributed by atoms with Crippen LogP contribution in [0.15, 0.2) is 29.3 Å². The minimum Gasteiger partial charge on any atom is -0.493 e. The molecule has 1 rings (SSSR count). The van der Waals surface area contributed by atoms with E-state index < -0.39 is 0 Å². The SMILES string of the molecule is C=[C]c1cccc(OCC)c1Br. The number of hydrogen-bond donors (Lipinski definition) is 0. The molecular formula is C10H10BrO. The Bertz CT molecular complexity index is 281. The number of benzene rings is 1. The third-order valence-corrected chi connectivity index (χ3v) is 2.27. The highest BCUT2D eigenvalue weighted by molar-refractivity contribution is 9.10. The van der Waals surface area contributed by atoms with Gasteiger partial charge in [-0.1, -0.05) is 18.7 Å². The van der Waals surface area contributed by atoms with Gasteiger partial charge in [-0.3, -0.25) is 0 Å². The van der Waals surface area contributed by atoms with Crippen molar-refractivity contribution < 1.29 is 4.74 Å². The van der Waals surface area contributed by atoms with Gasteiger partial charge in [-0.25, -0.2) is 0 Å². The molecule has 0 aromatic heterocycles. The maximum absolute atomic E-state index is 5.36. The maximum Gasteiger partial charge on any atom is 0.134 e. The average Bonchev–Trinajstić information content (AvgIpc) is 2.09. The van der Waals surface area contributed by atoms with E-state index in [4.69, 9.17) is 4.74 Å². The lowest BCUT2D eigenvalue weighted by molar-refractivity contribution is 0.338. The van der Waals surface area contributed by atoms with E-state index in [1.165, 1.54) is 0 Å². The highest BCUT2D eigenvalue weighted by Gasteiger charge is 2.02. The predicted octanol–water partition coefficient (Wildman–Crippen LogP) is 3.19. The topological polar surface area (TPSA) is 9.23 Å². The molecule has 1 aromatic carbocycles. The van der Waals surface area contributed by atoms with E-state index in [9.17, 15) is 0 Å². The number of hydrogen-bond acceptors (Lipinski definition) is 1. The van der Waals surface area contributed by atoms with Crippen molar-refractivity contribution in [2.45, 2.75) is 6.92 Å². The van der Waals surface area contributed by atoms with Gasteiger partial charge in [0.2, 0.25) is 0 Å². The summed E-state index contributed by atoms with van der Waals surface area (Å²) in [6.45, 7) is 6.20. The Balaban J connectivity index is 3.04. The lowest BCUT2D eigenvalue weighted by Crippen LogP contribution is -1.93. The van der Waals surface area contributed by atoms with Crippen molar-refractivity contribution in [3.05, 3.63) is 40.9 Å². The zero-order valence-electron chi connectivity index (χ0n) is 6.93. The molecule has 12 heavy (non-hydrogen) atoms. The summed E-state index contributed by atoms with van der Waals surface area (Å²) < 4.78 is 6.28. The summed E-state index contributed by atoms with van der Waals surface area (Å²) in [6, 6.07) is 5.76. The maximum atomic E-state index is 5.36. The predicted molar refractivity (Wildman–Crippen MR) is 53.3 cm³/mol. The molecule has 2 heteroatoms. The quantitative estimate of drug-likeness (QED) is 0.768. The van der Waals surface area contributed by atoms with Crippen LogP contribution in [-0.4, -0.2) is 6.61 Å². The fourth-order valence-corrected chi connectivity index (χ4v) is 1.43. The highest BCUT2D eigenvalue weighted by atomic mass is 79.9. The first-order chi connectivity index (χ1) is 5.79. The second-order valence-corrected chi connectivity index (χ2v) is 3.02. The molecule has 0 amide bonds. The summed E-state index contributed by atoms with van der Waals surface area (Å²) in [5.74, 6) is 0.839. The number of halogens is 1. The summed E-state index contributed by atoms with van der Waals surface area (Å²) in [5.41, 5.74) is 0.931. The van der Waals surface area contributed by atoms with Crippen LogP contribution in [0.5, 0.6) is 5.75 Å². The largest absolute Gasteiger partial charge is 0.493 e. The molecule has 0 aliphatic carbocycles. The molecule has 0 fully saturated rings. The highest BCUT2D eigenvalue weighted by Crippen LogP contribution is 2.28. The van der Waals surface area contributed by atoms with Gasteiger partial charge in [-0.05, 0) is 40.6 Å². The first-order valence-corrected chi connectivity index (χ1v) is 4.53. The van der Waals surface area contributed by atoms with Gasteiger partial charge in [0.05, 0.1) is 11.1 Å². The standard InChI is InChI=1S/C10H10BrO/c1-3-8-6-5-7-9(10(8)11)12-4-2/h5-7H,1,4H2,2H3. The molecule has 0 spiro atoms. The van der Waals surface area contributed by atoms with Crippen LogP contribution in [0.4, 0.5) is 0 Å². The van der Waals surface area contributed by atoms with Crippen molar-refractivity contribution in [2.75, 3.05) is 6.61 Å². The van der Waals surface area contributed by atoms with Crippen LogP contribution in [-0.2, 0) is 0 Å². The Morgan fingerprint density at radius 2 is 2.33 bits per heavy atom. The molecule has 0 saturated carbocycles. The first-order valence-electron chi connectivity index (χ1n) is 3.74. The van der Waals surface area contributed by atoms with E-state index in [0.29, 0.717) is 6.61 Å². The molecule has 63 valence electrons. The summed E-state index contributed by atoms with van der Waals surface area (Å²) in [4.78, 5) is 0. The average molecular weight is 226 g/mol. The van der Waals surface area contributed by atoms with Crippen molar-refractivity contribution in [3.63, 3.8) is 0 Å². The monoisotopic (exact) mass is 225 g/mol. The van der Waals surface area contributed by atoms with E-state index in [1.807, 2.05) is 25.1 Å². The van der Waals surface area contributed by atoms with Crippen LogP contribution in [0.25, 0.3) is 0 Å². The van der Waals surface area contributed by atoms with Gasteiger partial charge in [-0.15, -0.1) is 0 Å². The Labute approximate surface area is 81.2 Å². The minimum atomic E-state index is 0.666. The molecule has 0 unspecified atom stereocenters. The molecule has 0 aliphatic heterocycles. The molecule has 1 aromatic rings. The van der Waals surface area contributed by atoms with Crippen LogP contribution in [0.1, 0.15) is 12.5 Å². The first kappa shape index (κ1) is 9.33. The lowest BCUT2D eigenvalue weighted by Gasteiger charge is -2.06. The molecule has 1 radical (unpaired) electrons. The van der Waals surface area contributed by atoms with Crippen LogP contribution >= 0.6 is 15.9 Å². The van der Waals surface area contributed by atoms with Crippen molar-refractivity contribution in [1.29, 1.82) is 0 Å².